The minimum Gasteiger partial charge on any atom is -0.388 e. The van der Waals surface area contributed by atoms with Crippen LogP contribution in [0.5, 0.6) is 0 Å². The van der Waals surface area contributed by atoms with Gasteiger partial charge in [0.1, 0.15) is 18.3 Å². The predicted molar refractivity (Wildman–Crippen MR) is 67.1 cm³/mol. The standard InChI is InChI=1S/C13H26O5/c1-3-4-5-6-7-8-17-13-12(16)11(15)10(14)9(2)18-13/h9-16H,3-8H2,1-2H3/t9-,10+,11+,12-,13-/m1/s1. The average molecular weight is 262 g/mol. The highest BCUT2D eigenvalue weighted by Gasteiger charge is 2.42. The highest BCUT2D eigenvalue weighted by atomic mass is 16.7. The van der Waals surface area contributed by atoms with E-state index in [-0.39, 0.29) is 0 Å². The number of hydrogen-bond acceptors (Lipinski definition) is 5. The molecule has 5 nitrogen and oxygen atoms in total. The van der Waals surface area contributed by atoms with Gasteiger partial charge in [-0.05, 0) is 13.3 Å². The second-order valence-corrected chi connectivity index (χ2v) is 4.97. The van der Waals surface area contributed by atoms with Crippen molar-refractivity contribution in [3.63, 3.8) is 0 Å². The van der Waals surface area contributed by atoms with E-state index in [1.165, 1.54) is 19.3 Å². The number of aliphatic hydroxyl groups excluding tert-OH is 3. The van der Waals surface area contributed by atoms with Crippen molar-refractivity contribution < 1.29 is 24.8 Å². The first-order valence-electron chi connectivity index (χ1n) is 6.89. The van der Waals surface area contributed by atoms with Crippen LogP contribution in [-0.2, 0) is 9.47 Å². The molecule has 1 aliphatic rings. The molecular weight excluding hydrogens is 236 g/mol. The Balaban J connectivity index is 2.21. The molecule has 1 fully saturated rings. The largest absolute Gasteiger partial charge is 0.388 e. The van der Waals surface area contributed by atoms with Crippen LogP contribution < -0.4 is 0 Å². The molecule has 0 aromatic heterocycles. The number of ether oxygens (including phenoxy) is 2. The molecule has 1 aliphatic heterocycles. The molecule has 0 spiro atoms. The van der Waals surface area contributed by atoms with Crippen LogP contribution in [0, 0.1) is 0 Å². The van der Waals surface area contributed by atoms with Crippen LogP contribution in [-0.4, -0.2) is 52.6 Å². The zero-order chi connectivity index (χ0) is 13.5. The molecular formula is C13H26O5. The van der Waals surface area contributed by atoms with E-state index < -0.39 is 30.7 Å². The van der Waals surface area contributed by atoms with Crippen LogP contribution in [0.1, 0.15) is 46.0 Å². The lowest BCUT2D eigenvalue weighted by Gasteiger charge is -2.38. The predicted octanol–water partition coefficient (Wildman–Crippen LogP) is 0.801. The molecule has 18 heavy (non-hydrogen) atoms. The Morgan fingerprint density at radius 2 is 1.61 bits per heavy atom. The normalized spacial score (nSPS) is 36.8. The van der Waals surface area contributed by atoms with Gasteiger partial charge < -0.3 is 24.8 Å². The molecule has 1 heterocycles. The molecule has 0 aromatic carbocycles. The fourth-order valence-electron chi connectivity index (χ4n) is 2.06. The average Bonchev–Trinajstić information content (AvgIpc) is 2.37. The van der Waals surface area contributed by atoms with Crippen molar-refractivity contribution >= 4 is 0 Å². The molecule has 0 saturated carbocycles. The number of hydrogen-bond donors (Lipinski definition) is 3. The van der Waals surface area contributed by atoms with Gasteiger partial charge in [-0.25, -0.2) is 0 Å². The van der Waals surface area contributed by atoms with Gasteiger partial charge in [0.25, 0.3) is 0 Å². The Kier molecular flexibility index (Phi) is 7.11. The molecule has 5 atom stereocenters. The van der Waals surface area contributed by atoms with E-state index >= 15 is 0 Å². The Labute approximate surface area is 109 Å². The number of aliphatic hydroxyl groups is 3. The summed E-state index contributed by atoms with van der Waals surface area (Å²) in [5, 5.41) is 28.8. The summed E-state index contributed by atoms with van der Waals surface area (Å²) in [5.74, 6) is 0. The summed E-state index contributed by atoms with van der Waals surface area (Å²) in [6.45, 7) is 4.31. The Bertz CT molecular complexity index is 223. The molecule has 0 bridgehead atoms. The lowest BCUT2D eigenvalue weighted by Crippen LogP contribution is -2.57. The van der Waals surface area contributed by atoms with Crippen molar-refractivity contribution in [2.24, 2.45) is 0 Å². The molecule has 0 aromatic rings. The van der Waals surface area contributed by atoms with E-state index in [2.05, 4.69) is 6.92 Å². The second-order valence-electron chi connectivity index (χ2n) is 4.97. The maximum absolute atomic E-state index is 9.71. The summed E-state index contributed by atoms with van der Waals surface area (Å²) >= 11 is 0. The van der Waals surface area contributed by atoms with Crippen molar-refractivity contribution in [2.75, 3.05) is 6.61 Å². The molecule has 0 aliphatic carbocycles. The first-order valence-corrected chi connectivity index (χ1v) is 6.89. The van der Waals surface area contributed by atoms with Crippen LogP contribution in [0.3, 0.4) is 0 Å². The first kappa shape index (κ1) is 15.9. The SMILES string of the molecule is CCCCCCCO[C@@H]1O[C@H](C)[C@H](O)[C@H](O)[C@H]1O. The van der Waals surface area contributed by atoms with Crippen molar-refractivity contribution in [1.29, 1.82) is 0 Å². The van der Waals surface area contributed by atoms with E-state index in [1.54, 1.807) is 6.92 Å². The van der Waals surface area contributed by atoms with E-state index in [0.717, 1.165) is 12.8 Å². The lowest BCUT2D eigenvalue weighted by atomic mass is 10.0. The molecule has 0 amide bonds. The fraction of sp³-hybridized carbons (Fsp3) is 1.00. The third-order valence-corrected chi connectivity index (χ3v) is 3.34. The maximum Gasteiger partial charge on any atom is 0.186 e. The summed E-state index contributed by atoms with van der Waals surface area (Å²) in [6, 6.07) is 0. The first-order chi connectivity index (χ1) is 8.57. The van der Waals surface area contributed by atoms with Gasteiger partial charge in [-0.3, -0.25) is 0 Å². The van der Waals surface area contributed by atoms with E-state index in [9.17, 15) is 15.3 Å². The maximum atomic E-state index is 9.71. The van der Waals surface area contributed by atoms with Crippen LogP contribution in [0.15, 0.2) is 0 Å². The quantitative estimate of drug-likeness (QED) is 0.591. The van der Waals surface area contributed by atoms with Gasteiger partial charge in [0.05, 0.1) is 6.10 Å². The van der Waals surface area contributed by atoms with E-state index in [0.29, 0.717) is 6.61 Å². The third-order valence-electron chi connectivity index (χ3n) is 3.34. The van der Waals surface area contributed by atoms with E-state index in [1.807, 2.05) is 0 Å². The van der Waals surface area contributed by atoms with Gasteiger partial charge >= 0.3 is 0 Å². The number of rotatable bonds is 7. The molecule has 0 unspecified atom stereocenters. The zero-order valence-corrected chi connectivity index (χ0v) is 11.3. The van der Waals surface area contributed by atoms with Crippen LogP contribution in [0.2, 0.25) is 0 Å². The second kappa shape index (κ2) is 8.07. The van der Waals surface area contributed by atoms with Gasteiger partial charge in [-0.15, -0.1) is 0 Å². The highest BCUT2D eigenvalue weighted by molar-refractivity contribution is 4.87. The van der Waals surface area contributed by atoms with Crippen LogP contribution in [0.25, 0.3) is 0 Å². The monoisotopic (exact) mass is 262 g/mol. The summed E-state index contributed by atoms with van der Waals surface area (Å²) in [4.78, 5) is 0. The Morgan fingerprint density at radius 3 is 2.28 bits per heavy atom. The van der Waals surface area contributed by atoms with Gasteiger partial charge in [0, 0.05) is 6.61 Å². The molecule has 1 saturated heterocycles. The summed E-state index contributed by atoms with van der Waals surface area (Å²) in [6.07, 6.45) is 0.785. The molecule has 3 N–H and O–H groups in total. The highest BCUT2D eigenvalue weighted by Crippen LogP contribution is 2.21. The van der Waals surface area contributed by atoms with Crippen molar-refractivity contribution in [2.45, 2.75) is 76.7 Å². The smallest absolute Gasteiger partial charge is 0.186 e. The Hall–Kier alpha value is -0.200. The molecule has 5 heteroatoms. The lowest BCUT2D eigenvalue weighted by molar-refractivity contribution is -0.293. The molecule has 1 rings (SSSR count). The van der Waals surface area contributed by atoms with Crippen LogP contribution >= 0.6 is 0 Å². The topological polar surface area (TPSA) is 79.2 Å². The Morgan fingerprint density at radius 1 is 0.944 bits per heavy atom. The zero-order valence-electron chi connectivity index (χ0n) is 11.3. The van der Waals surface area contributed by atoms with E-state index in [4.69, 9.17) is 9.47 Å². The summed E-state index contributed by atoms with van der Waals surface area (Å²) in [5.41, 5.74) is 0. The minimum atomic E-state index is -1.21. The molecule has 108 valence electrons. The number of unbranched alkanes of at least 4 members (excludes halogenated alkanes) is 4. The summed E-state index contributed by atoms with van der Waals surface area (Å²) in [7, 11) is 0. The fourth-order valence-corrected chi connectivity index (χ4v) is 2.06. The van der Waals surface area contributed by atoms with Gasteiger partial charge in [0.15, 0.2) is 6.29 Å². The van der Waals surface area contributed by atoms with Crippen molar-refractivity contribution in [3.8, 4) is 0 Å². The van der Waals surface area contributed by atoms with Crippen LogP contribution in [0.4, 0.5) is 0 Å². The third kappa shape index (κ3) is 4.48. The van der Waals surface area contributed by atoms with Crippen molar-refractivity contribution in [1.82, 2.24) is 0 Å². The van der Waals surface area contributed by atoms with Gasteiger partial charge in [-0.2, -0.15) is 0 Å². The summed E-state index contributed by atoms with van der Waals surface area (Å²) < 4.78 is 10.7. The van der Waals surface area contributed by atoms with Crippen molar-refractivity contribution in [3.05, 3.63) is 0 Å². The minimum absolute atomic E-state index is 0.501. The molecule has 0 radical (unpaired) electrons. The van der Waals surface area contributed by atoms with Gasteiger partial charge in [0.2, 0.25) is 0 Å². The van der Waals surface area contributed by atoms with Gasteiger partial charge in [-0.1, -0.05) is 32.6 Å².